The van der Waals surface area contributed by atoms with Gasteiger partial charge in [0.1, 0.15) is 6.04 Å². The number of unbranched alkanes of at least 4 members (excludes halogenated alkanes) is 1. The molecular weight excluding hydrogens is 758 g/mol. The molecule has 2 aliphatic heterocycles. The van der Waals surface area contributed by atoms with E-state index < -0.39 is 11.9 Å². The van der Waals surface area contributed by atoms with Crippen LogP contribution in [0.3, 0.4) is 0 Å². The molecule has 2 saturated carbocycles. The van der Waals surface area contributed by atoms with Crippen molar-refractivity contribution in [3.8, 4) is 11.3 Å². The Bertz CT molecular complexity index is 1940. The van der Waals surface area contributed by atoms with Crippen LogP contribution in [0.2, 0.25) is 5.02 Å². The van der Waals surface area contributed by atoms with Gasteiger partial charge in [0.15, 0.2) is 0 Å². The number of nitrogens with zero attached hydrogens (tertiary/aromatic N) is 5. The standard InChI is InChI=1S/C38H50ClN11O5S/c1-49-30(14-22-4-5-22)27(17-45-49)34-28(39)18-44-38(48-34)46-25-8-6-24(7-9-25)42-20-33(53)41-13-3-2-12-40-19-32(52)43-16-26-15-23-21-50(37(55)35(23)56-26)29-10-11-31(51)47-36(29)54/h15,17-18,22,24-25,29,40,42H,2-14,16,19-21H2,1H3,(H,41,53)(H,43,52)(H,44,46,48)(H,47,51,54). The number of imide groups is 1. The van der Waals surface area contributed by atoms with Gasteiger partial charge in [0.25, 0.3) is 5.91 Å². The molecule has 1 unspecified atom stereocenters. The van der Waals surface area contributed by atoms with Crippen LogP contribution >= 0.6 is 22.9 Å². The van der Waals surface area contributed by atoms with E-state index in [2.05, 4.69) is 42.0 Å². The second kappa shape index (κ2) is 18.2. The highest BCUT2D eigenvalue weighted by Gasteiger charge is 2.40. The highest BCUT2D eigenvalue weighted by Crippen LogP contribution is 2.37. The normalized spacial score (nSPS) is 20.9. The third-order valence-electron chi connectivity index (χ3n) is 10.9. The van der Waals surface area contributed by atoms with Crippen LogP contribution in [-0.4, -0.2) is 98.5 Å². The van der Waals surface area contributed by atoms with Gasteiger partial charge in [-0.25, -0.2) is 9.97 Å². The van der Waals surface area contributed by atoms with E-state index in [1.165, 1.54) is 29.1 Å². The number of piperidine rings is 1. The zero-order chi connectivity index (χ0) is 39.2. The molecule has 56 heavy (non-hydrogen) atoms. The maximum atomic E-state index is 12.9. The van der Waals surface area contributed by atoms with E-state index in [1.807, 2.05) is 24.0 Å². The van der Waals surface area contributed by atoms with Gasteiger partial charge in [0.2, 0.25) is 29.6 Å². The number of thiophene rings is 1. The average Bonchev–Trinajstić information content (AvgIpc) is 3.70. The number of anilines is 1. The van der Waals surface area contributed by atoms with Crippen LogP contribution < -0.4 is 31.9 Å². The van der Waals surface area contributed by atoms with Gasteiger partial charge in [-0.3, -0.25) is 34.0 Å². The number of amides is 5. The van der Waals surface area contributed by atoms with Gasteiger partial charge >= 0.3 is 0 Å². The molecule has 5 amide bonds. The molecule has 0 radical (unpaired) electrons. The topological polar surface area (TPSA) is 204 Å². The summed E-state index contributed by atoms with van der Waals surface area (Å²) in [7, 11) is 1.97. The van der Waals surface area contributed by atoms with Crippen molar-refractivity contribution in [1.82, 2.24) is 51.2 Å². The maximum Gasteiger partial charge on any atom is 0.265 e. The van der Waals surface area contributed by atoms with E-state index in [9.17, 15) is 24.0 Å². The van der Waals surface area contributed by atoms with Gasteiger partial charge in [-0.05, 0) is 88.3 Å². The third-order valence-corrected chi connectivity index (χ3v) is 12.4. The molecular formula is C38H50ClN11O5S. The molecule has 7 rings (SSSR count). The largest absolute Gasteiger partial charge is 0.355 e. The molecule has 0 spiro atoms. The fourth-order valence-corrected chi connectivity index (χ4v) is 8.85. The monoisotopic (exact) mass is 807 g/mol. The number of aryl methyl sites for hydroxylation is 1. The van der Waals surface area contributed by atoms with Crippen molar-refractivity contribution < 1.29 is 24.0 Å². The lowest BCUT2D eigenvalue weighted by Crippen LogP contribution is -2.52. The minimum atomic E-state index is -0.635. The van der Waals surface area contributed by atoms with Gasteiger partial charge in [-0.1, -0.05) is 11.6 Å². The van der Waals surface area contributed by atoms with Crippen molar-refractivity contribution in [1.29, 1.82) is 0 Å². The molecule has 0 aromatic carbocycles. The Morgan fingerprint density at radius 2 is 1.73 bits per heavy atom. The Balaban J connectivity index is 0.714. The Hall–Kier alpha value is -4.45. The minimum Gasteiger partial charge on any atom is -0.355 e. The van der Waals surface area contributed by atoms with Crippen LogP contribution in [0, 0.1) is 5.92 Å². The van der Waals surface area contributed by atoms with E-state index in [4.69, 9.17) is 16.6 Å². The Labute approximate surface area is 334 Å². The number of aromatic nitrogens is 4. The number of nitrogens with one attached hydrogen (secondary N) is 6. The summed E-state index contributed by atoms with van der Waals surface area (Å²) in [6.45, 7) is 2.29. The smallest absolute Gasteiger partial charge is 0.265 e. The molecule has 300 valence electrons. The second-order valence-electron chi connectivity index (χ2n) is 15.2. The van der Waals surface area contributed by atoms with Crippen molar-refractivity contribution in [2.45, 2.75) is 102 Å². The summed E-state index contributed by atoms with van der Waals surface area (Å²) in [5.41, 5.74) is 3.68. The summed E-state index contributed by atoms with van der Waals surface area (Å²) < 4.78 is 1.92. The molecule has 5 heterocycles. The third kappa shape index (κ3) is 10.1. The van der Waals surface area contributed by atoms with Crippen LogP contribution in [0.5, 0.6) is 0 Å². The fraction of sp³-hybridized carbons (Fsp3) is 0.579. The van der Waals surface area contributed by atoms with Crippen LogP contribution in [-0.2, 0) is 45.7 Å². The zero-order valence-corrected chi connectivity index (χ0v) is 33.2. The molecule has 1 atom stereocenters. The van der Waals surface area contributed by atoms with Crippen LogP contribution in [0.25, 0.3) is 11.3 Å². The average molecular weight is 808 g/mol. The minimum absolute atomic E-state index is 0.0268. The Morgan fingerprint density at radius 1 is 0.964 bits per heavy atom. The predicted molar refractivity (Wildman–Crippen MR) is 211 cm³/mol. The van der Waals surface area contributed by atoms with Crippen LogP contribution in [0.1, 0.15) is 90.0 Å². The van der Waals surface area contributed by atoms with E-state index in [0.29, 0.717) is 60.1 Å². The summed E-state index contributed by atoms with van der Waals surface area (Å²) in [6, 6.07) is 1.78. The zero-order valence-electron chi connectivity index (χ0n) is 31.6. The lowest BCUT2D eigenvalue weighted by atomic mass is 9.91. The number of hydrogen-bond acceptors (Lipinski definition) is 12. The first kappa shape index (κ1) is 39.8. The second-order valence-corrected chi connectivity index (χ2v) is 16.8. The molecule has 3 aromatic heterocycles. The molecule has 18 heteroatoms. The predicted octanol–water partition coefficient (Wildman–Crippen LogP) is 2.42. The SMILES string of the molecule is Cn1ncc(-c2nc(NC3CCC(NCC(=O)NCCCCNCC(=O)NCc4cc5c(s4)C(=O)N(C4CCC(=O)NC4=O)C5)CC3)ncc2Cl)c1CC1CC1. The van der Waals surface area contributed by atoms with E-state index in [-0.39, 0.29) is 55.2 Å². The van der Waals surface area contributed by atoms with Crippen LogP contribution in [0.15, 0.2) is 18.5 Å². The molecule has 0 bridgehead atoms. The summed E-state index contributed by atoms with van der Waals surface area (Å²) in [5, 5.41) is 23.2. The molecule has 16 nitrogen and oxygen atoms in total. The lowest BCUT2D eigenvalue weighted by Gasteiger charge is -2.29. The van der Waals surface area contributed by atoms with E-state index in [1.54, 1.807) is 6.20 Å². The maximum absolute atomic E-state index is 12.9. The highest BCUT2D eigenvalue weighted by atomic mass is 35.5. The number of fused-ring (bicyclic) bond motifs is 1. The number of hydrogen-bond donors (Lipinski definition) is 6. The van der Waals surface area contributed by atoms with Gasteiger partial charge in [-0.2, -0.15) is 5.10 Å². The molecule has 1 saturated heterocycles. The lowest BCUT2D eigenvalue weighted by molar-refractivity contribution is -0.137. The molecule has 6 N–H and O–H groups in total. The fourth-order valence-electron chi connectivity index (χ4n) is 7.59. The van der Waals surface area contributed by atoms with Crippen molar-refractivity contribution in [2.75, 3.05) is 31.5 Å². The summed E-state index contributed by atoms with van der Waals surface area (Å²) in [6.07, 6.45) is 12.9. The molecule has 4 aliphatic rings. The number of carbonyl (C=O) groups excluding carboxylic acids is 5. The van der Waals surface area contributed by atoms with Gasteiger partial charge in [0.05, 0.1) is 47.6 Å². The molecule has 2 aliphatic carbocycles. The van der Waals surface area contributed by atoms with Crippen molar-refractivity contribution in [2.24, 2.45) is 13.0 Å². The first-order valence-corrected chi connectivity index (χ1v) is 20.8. The van der Waals surface area contributed by atoms with Crippen molar-refractivity contribution in [3.63, 3.8) is 0 Å². The molecule has 3 aromatic rings. The summed E-state index contributed by atoms with van der Waals surface area (Å²) >= 11 is 7.87. The summed E-state index contributed by atoms with van der Waals surface area (Å²) in [4.78, 5) is 73.7. The first-order valence-electron chi connectivity index (χ1n) is 19.6. The van der Waals surface area contributed by atoms with Gasteiger partial charge < -0.3 is 31.5 Å². The molecule has 3 fully saturated rings. The van der Waals surface area contributed by atoms with E-state index in [0.717, 1.165) is 66.6 Å². The Kier molecular flexibility index (Phi) is 12.9. The number of halogens is 1. The van der Waals surface area contributed by atoms with Crippen LogP contribution in [0.4, 0.5) is 5.95 Å². The number of rotatable bonds is 18. The Morgan fingerprint density at radius 3 is 2.50 bits per heavy atom. The van der Waals surface area contributed by atoms with Crippen molar-refractivity contribution >= 4 is 58.4 Å². The summed E-state index contributed by atoms with van der Waals surface area (Å²) in [5.74, 6) is 0.159. The van der Waals surface area contributed by atoms with E-state index >= 15 is 0 Å². The van der Waals surface area contributed by atoms with Crippen molar-refractivity contribution in [3.05, 3.63) is 44.5 Å². The highest BCUT2D eigenvalue weighted by molar-refractivity contribution is 7.14. The first-order chi connectivity index (χ1) is 27.1. The quantitative estimate of drug-likeness (QED) is 0.0814. The number of carbonyl (C=O) groups is 5. The van der Waals surface area contributed by atoms with Gasteiger partial charge in [0, 0.05) is 54.8 Å². The van der Waals surface area contributed by atoms with Gasteiger partial charge in [-0.15, -0.1) is 11.3 Å².